The molecule has 1 aromatic heterocycles. The van der Waals surface area contributed by atoms with Crippen molar-refractivity contribution in [3.8, 4) is 5.75 Å². The molecule has 144 valence electrons. The van der Waals surface area contributed by atoms with Crippen LogP contribution in [0.25, 0.3) is 0 Å². The van der Waals surface area contributed by atoms with E-state index in [4.69, 9.17) is 4.74 Å². The standard InChI is InChI=1S/C21H28N4O2/c1-3-24-12-14-25(15-13-24)16-20(26)23-21(18-8-10-22-11-9-18)17-4-6-19(27-2)7-5-17/h4-11,21H,3,12-16H2,1-2H3,(H,23,26)/t21-/m0/s1. The van der Waals surface area contributed by atoms with E-state index in [0.29, 0.717) is 6.54 Å². The van der Waals surface area contributed by atoms with Gasteiger partial charge in [0.05, 0.1) is 19.7 Å². The summed E-state index contributed by atoms with van der Waals surface area (Å²) in [6, 6.07) is 11.5. The summed E-state index contributed by atoms with van der Waals surface area (Å²) in [5, 5.41) is 3.20. The lowest BCUT2D eigenvalue weighted by Crippen LogP contribution is -2.49. The van der Waals surface area contributed by atoms with Crippen molar-refractivity contribution in [2.75, 3.05) is 46.4 Å². The summed E-state index contributed by atoms with van der Waals surface area (Å²) in [5.41, 5.74) is 2.03. The smallest absolute Gasteiger partial charge is 0.234 e. The molecule has 1 amide bonds. The van der Waals surface area contributed by atoms with Gasteiger partial charge in [-0.25, -0.2) is 0 Å². The first-order valence-corrected chi connectivity index (χ1v) is 9.47. The number of rotatable bonds is 7. The van der Waals surface area contributed by atoms with Gasteiger partial charge >= 0.3 is 0 Å². The maximum absolute atomic E-state index is 12.7. The number of nitrogens with zero attached hydrogens (tertiary/aromatic N) is 3. The molecule has 1 fully saturated rings. The lowest BCUT2D eigenvalue weighted by atomic mass is 9.99. The topological polar surface area (TPSA) is 57.7 Å². The van der Waals surface area contributed by atoms with Crippen molar-refractivity contribution in [1.29, 1.82) is 0 Å². The number of ether oxygens (including phenoxy) is 1. The average molecular weight is 368 g/mol. The van der Waals surface area contributed by atoms with Gasteiger partial charge in [-0.1, -0.05) is 19.1 Å². The number of nitrogens with one attached hydrogen (secondary N) is 1. The number of methoxy groups -OCH3 is 1. The van der Waals surface area contributed by atoms with E-state index in [2.05, 4.69) is 27.0 Å². The third kappa shape index (κ3) is 5.28. The first-order chi connectivity index (χ1) is 13.2. The Kier molecular flexibility index (Phi) is 6.79. The molecule has 6 heteroatoms. The van der Waals surface area contributed by atoms with E-state index >= 15 is 0 Å². The largest absolute Gasteiger partial charge is 0.497 e. The van der Waals surface area contributed by atoms with Crippen molar-refractivity contribution in [2.45, 2.75) is 13.0 Å². The first kappa shape index (κ1) is 19.3. The minimum Gasteiger partial charge on any atom is -0.497 e. The number of hydrogen-bond acceptors (Lipinski definition) is 5. The minimum absolute atomic E-state index is 0.0394. The fourth-order valence-corrected chi connectivity index (χ4v) is 3.38. The molecule has 3 rings (SSSR count). The second kappa shape index (κ2) is 9.48. The van der Waals surface area contributed by atoms with Crippen molar-refractivity contribution in [3.63, 3.8) is 0 Å². The van der Waals surface area contributed by atoms with Crippen molar-refractivity contribution < 1.29 is 9.53 Å². The van der Waals surface area contributed by atoms with E-state index in [1.807, 2.05) is 36.4 Å². The van der Waals surface area contributed by atoms with Crippen molar-refractivity contribution in [3.05, 3.63) is 59.9 Å². The number of likely N-dealkylation sites (N-methyl/N-ethyl adjacent to an activating group) is 1. The number of pyridine rings is 1. The van der Waals surface area contributed by atoms with Crippen LogP contribution in [0, 0.1) is 0 Å². The van der Waals surface area contributed by atoms with Crippen molar-refractivity contribution in [1.82, 2.24) is 20.1 Å². The highest BCUT2D eigenvalue weighted by Gasteiger charge is 2.21. The number of piperazine rings is 1. The van der Waals surface area contributed by atoms with Gasteiger partial charge in [0.15, 0.2) is 0 Å². The van der Waals surface area contributed by atoms with Crippen molar-refractivity contribution in [2.24, 2.45) is 0 Å². The first-order valence-electron chi connectivity index (χ1n) is 9.47. The predicted octanol–water partition coefficient (Wildman–Crippen LogP) is 1.93. The van der Waals surface area contributed by atoms with Gasteiger partial charge in [-0.15, -0.1) is 0 Å². The Bertz CT molecular complexity index is 713. The van der Waals surface area contributed by atoms with Crippen LogP contribution in [0.5, 0.6) is 5.75 Å². The Morgan fingerprint density at radius 1 is 1.04 bits per heavy atom. The molecule has 0 spiro atoms. The van der Waals surface area contributed by atoms with Crippen LogP contribution in [0.2, 0.25) is 0 Å². The van der Waals surface area contributed by atoms with Crippen LogP contribution in [-0.4, -0.2) is 67.1 Å². The molecule has 1 aliphatic heterocycles. The zero-order valence-electron chi connectivity index (χ0n) is 16.1. The average Bonchev–Trinajstić information content (AvgIpc) is 2.73. The van der Waals surface area contributed by atoms with Gasteiger partial charge in [0.25, 0.3) is 0 Å². The van der Waals surface area contributed by atoms with Gasteiger partial charge in [0.2, 0.25) is 5.91 Å². The summed E-state index contributed by atoms with van der Waals surface area (Å²) in [6.45, 7) is 7.59. The summed E-state index contributed by atoms with van der Waals surface area (Å²) in [6.07, 6.45) is 3.50. The van der Waals surface area contributed by atoms with Crippen LogP contribution in [-0.2, 0) is 4.79 Å². The van der Waals surface area contributed by atoms with Crippen LogP contribution < -0.4 is 10.1 Å². The van der Waals surface area contributed by atoms with E-state index in [1.165, 1.54) is 0 Å². The van der Waals surface area contributed by atoms with Crippen LogP contribution in [0.15, 0.2) is 48.8 Å². The van der Waals surface area contributed by atoms with Crippen LogP contribution in [0.3, 0.4) is 0 Å². The maximum atomic E-state index is 12.7. The zero-order chi connectivity index (χ0) is 19.1. The molecule has 0 radical (unpaired) electrons. The monoisotopic (exact) mass is 368 g/mol. The van der Waals surface area contributed by atoms with E-state index in [9.17, 15) is 4.79 Å². The summed E-state index contributed by atoms with van der Waals surface area (Å²) < 4.78 is 5.25. The molecule has 1 saturated heterocycles. The Balaban J connectivity index is 1.68. The van der Waals surface area contributed by atoms with E-state index in [1.54, 1.807) is 19.5 Å². The number of amides is 1. The number of carbonyl (C=O) groups is 1. The quantitative estimate of drug-likeness (QED) is 0.809. The lowest BCUT2D eigenvalue weighted by molar-refractivity contribution is -0.123. The molecule has 0 saturated carbocycles. The SMILES string of the molecule is CCN1CCN(CC(=O)N[C@H](c2ccncc2)c2ccc(OC)cc2)CC1. The van der Waals surface area contributed by atoms with Gasteiger partial charge in [-0.2, -0.15) is 0 Å². The number of carbonyl (C=O) groups excluding carboxylic acids is 1. The molecule has 1 aliphatic rings. The van der Waals surface area contributed by atoms with E-state index < -0.39 is 0 Å². The Labute approximate surface area is 161 Å². The second-order valence-corrected chi connectivity index (χ2v) is 6.76. The molecule has 2 heterocycles. The number of benzene rings is 1. The maximum Gasteiger partial charge on any atom is 0.234 e. The van der Waals surface area contributed by atoms with Crippen LogP contribution >= 0.6 is 0 Å². The highest BCUT2D eigenvalue weighted by molar-refractivity contribution is 5.79. The third-order valence-corrected chi connectivity index (χ3v) is 5.07. The van der Waals surface area contributed by atoms with E-state index in [-0.39, 0.29) is 11.9 Å². The summed E-state index contributed by atoms with van der Waals surface area (Å²) >= 11 is 0. The Morgan fingerprint density at radius 2 is 1.63 bits per heavy atom. The number of aromatic nitrogens is 1. The number of hydrogen-bond donors (Lipinski definition) is 1. The van der Waals surface area contributed by atoms with Gasteiger partial charge < -0.3 is 15.0 Å². The van der Waals surface area contributed by atoms with Gasteiger partial charge in [-0.3, -0.25) is 14.7 Å². The Hall–Kier alpha value is -2.44. The Morgan fingerprint density at radius 3 is 2.22 bits per heavy atom. The van der Waals surface area contributed by atoms with Crippen LogP contribution in [0.1, 0.15) is 24.1 Å². The second-order valence-electron chi connectivity index (χ2n) is 6.76. The highest BCUT2D eigenvalue weighted by atomic mass is 16.5. The molecule has 6 nitrogen and oxygen atoms in total. The van der Waals surface area contributed by atoms with Gasteiger partial charge in [0.1, 0.15) is 5.75 Å². The fourth-order valence-electron chi connectivity index (χ4n) is 3.38. The molecule has 0 bridgehead atoms. The molecular weight excluding hydrogens is 340 g/mol. The lowest BCUT2D eigenvalue weighted by Gasteiger charge is -2.33. The third-order valence-electron chi connectivity index (χ3n) is 5.07. The van der Waals surface area contributed by atoms with Crippen LogP contribution in [0.4, 0.5) is 0 Å². The molecule has 27 heavy (non-hydrogen) atoms. The molecular formula is C21H28N4O2. The summed E-state index contributed by atoms with van der Waals surface area (Å²) in [5.74, 6) is 0.838. The van der Waals surface area contributed by atoms with Gasteiger partial charge in [-0.05, 0) is 41.9 Å². The minimum atomic E-state index is -0.205. The zero-order valence-corrected chi connectivity index (χ0v) is 16.1. The fraction of sp³-hybridized carbons (Fsp3) is 0.429. The van der Waals surface area contributed by atoms with Crippen molar-refractivity contribution >= 4 is 5.91 Å². The normalized spacial score (nSPS) is 16.7. The summed E-state index contributed by atoms with van der Waals surface area (Å²) in [4.78, 5) is 21.5. The molecule has 0 unspecified atom stereocenters. The molecule has 2 aromatic rings. The molecule has 0 aliphatic carbocycles. The van der Waals surface area contributed by atoms with E-state index in [0.717, 1.165) is 49.6 Å². The molecule has 1 aromatic carbocycles. The highest BCUT2D eigenvalue weighted by Crippen LogP contribution is 2.23. The predicted molar refractivity (Wildman–Crippen MR) is 106 cm³/mol. The summed E-state index contributed by atoms with van der Waals surface area (Å²) in [7, 11) is 1.65. The molecule has 1 atom stereocenters. The van der Waals surface area contributed by atoms with Gasteiger partial charge in [0, 0.05) is 38.6 Å². The molecule has 1 N–H and O–H groups in total.